The first-order chi connectivity index (χ1) is 7.66. The minimum Gasteiger partial charge on any atom is -0.376 e. The normalized spacial score (nSPS) is 20.9. The zero-order valence-corrected chi connectivity index (χ0v) is 8.96. The Morgan fingerprint density at radius 3 is 3.12 bits per heavy atom. The van der Waals surface area contributed by atoms with Crippen molar-refractivity contribution in [1.82, 2.24) is 9.78 Å². The number of hydrogen-bond donors (Lipinski definition) is 0. The average molecular weight is 227 g/mol. The molecule has 0 amide bonds. The van der Waals surface area contributed by atoms with Crippen molar-refractivity contribution in [3.8, 4) is 0 Å². The van der Waals surface area contributed by atoms with E-state index in [1.165, 1.54) is 10.7 Å². The van der Waals surface area contributed by atoms with Crippen molar-refractivity contribution in [3.63, 3.8) is 0 Å². The molecule has 1 saturated heterocycles. The molecule has 1 aromatic heterocycles. The second-order valence-electron chi connectivity index (χ2n) is 3.65. The molecule has 1 unspecified atom stereocenters. The van der Waals surface area contributed by atoms with Crippen LogP contribution in [-0.2, 0) is 16.0 Å². The van der Waals surface area contributed by atoms with Crippen LogP contribution in [0.1, 0.15) is 5.69 Å². The van der Waals surface area contributed by atoms with Crippen molar-refractivity contribution in [3.05, 3.63) is 21.9 Å². The minimum atomic E-state index is -0.441. The maximum absolute atomic E-state index is 10.7. The van der Waals surface area contributed by atoms with Crippen molar-refractivity contribution in [1.29, 1.82) is 0 Å². The molecule has 1 atom stereocenters. The molecule has 88 valence electrons. The highest BCUT2D eigenvalue weighted by molar-refractivity contribution is 5.22. The molecule has 2 heterocycles. The quantitative estimate of drug-likeness (QED) is 0.555. The Balaban J connectivity index is 2.10. The Kier molecular flexibility index (Phi) is 3.16. The van der Waals surface area contributed by atoms with Crippen LogP contribution in [0.25, 0.3) is 0 Å². The van der Waals surface area contributed by atoms with Crippen LogP contribution in [0.5, 0.6) is 0 Å². The number of nitro groups is 1. The van der Waals surface area contributed by atoms with Crippen LogP contribution in [0.15, 0.2) is 6.07 Å². The summed E-state index contributed by atoms with van der Waals surface area (Å²) in [6.45, 7) is 3.64. The molecular weight excluding hydrogens is 214 g/mol. The third-order valence-electron chi connectivity index (χ3n) is 2.33. The SMILES string of the molecule is Cc1cc([N+](=O)[O-])n(CC2COCCO2)n1. The molecule has 0 radical (unpaired) electrons. The van der Waals surface area contributed by atoms with E-state index in [4.69, 9.17) is 9.47 Å². The van der Waals surface area contributed by atoms with Crippen LogP contribution in [0.2, 0.25) is 0 Å². The van der Waals surface area contributed by atoms with E-state index in [1.807, 2.05) is 0 Å². The molecule has 0 bridgehead atoms. The van der Waals surface area contributed by atoms with Crippen LogP contribution in [-0.4, -0.2) is 40.6 Å². The van der Waals surface area contributed by atoms with Gasteiger partial charge in [-0.1, -0.05) is 5.10 Å². The lowest BCUT2D eigenvalue weighted by atomic mass is 10.3. The number of aromatic nitrogens is 2. The predicted molar refractivity (Wildman–Crippen MR) is 54.2 cm³/mol. The molecule has 0 saturated carbocycles. The van der Waals surface area contributed by atoms with Gasteiger partial charge in [-0.15, -0.1) is 4.68 Å². The Bertz CT molecular complexity index is 384. The van der Waals surface area contributed by atoms with Crippen LogP contribution in [0, 0.1) is 17.0 Å². The van der Waals surface area contributed by atoms with Crippen LogP contribution in [0.4, 0.5) is 5.82 Å². The highest BCUT2D eigenvalue weighted by Crippen LogP contribution is 2.15. The summed E-state index contributed by atoms with van der Waals surface area (Å²) in [6, 6.07) is 1.45. The van der Waals surface area contributed by atoms with Crippen molar-refractivity contribution < 1.29 is 14.4 Å². The number of rotatable bonds is 3. The van der Waals surface area contributed by atoms with E-state index in [0.717, 1.165) is 0 Å². The van der Waals surface area contributed by atoms with Gasteiger partial charge < -0.3 is 19.6 Å². The first-order valence-corrected chi connectivity index (χ1v) is 5.05. The fraction of sp³-hybridized carbons (Fsp3) is 0.667. The highest BCUT2D eigenvalue weighted by Gasteiger charge is 2.23. The summed E-state index contributed by atoms with van der Waals surface area (Å²) in [6.07, 6.45) is -0.160. The van der Waals surface area contributed by atoms with Gasteiger partial charge in [0.15, 0.2) is 0 Å². The van der Waals surface area contributed by atoms with Gasteiger partial charge in [0.25, 0.3) is 0 Å². The molecular formula is C9H13N3O4. The van der Waals surface area contributed by atoms with E-state index in [-0.39, 0.29) is 11.9 Å². The van der Waals surface area contributed by atoms with Crippen molar-refractivity contribution in [2.75, 3.05) is 19.8 Å². The van der Waals surface area contributed by atoms with E-state index >= 15 is 0 Å². The fourth-order valence-corrected chi connectivity index (χ4v) is 1.65. The summed E-state index contributed by atoms with van der Waals surface area (Å²) in [5, 5.41) is 14.8. The van der Waals surface area contributed by atoms with Gasteiger partial charge in [-0.05, 0) is 11.8 Å². The van der Waals surface area contributed by atoms with Crippen LogP contribution < -0.4 is 0 Å². The maximum Gasteiger partial charge on any atom is 0.345 e. The first kappa shape index (κ1) is 11.0. The Morgan fingerprint density at radius 2 is 2.50 bits per heavy atom. The monoisotopic (exact) mass is 227 g/mol. The number of ether oxygens (including phenoxy) is 2. The lowest BCUT2D eigenvalue weighted by Gasteiger charge is -2.20. The van der Waals surface area contributed by atoms with Crippen LogP contribution >= 0.6 is 0 Å². The maximum atomic E-state index is 10.7. The Labute approximate surface area is 92.1 Å². The molecule has 7 nitrogen and oxygen atoms in total. The molecule has 0 spiro atoms. The summed E-state index contributed by atoms with van der Waals surface area (Å²) in [5.74, 6) is -0.00771. The zero-order valence-electron chi connectivity index (χ0n) is 8.96. The van der Waals surface area contributed by atoms with Crippen LogP contribution in [0.3, 0.4) is 0 Å². The molecule has 0 N–H and O–H groups in total. The fourth-order valence-electron chi connectivity index (χ4n) is 1.65. The van der Waals surface area contributed by atoms with Gasteiger partial charge in [0, 0.05) is 0 Å². The van der Waals surface area contributed by atoms with E-state index in [9.17, 15) is 10.1 Å². The molecule has 1 aliphatic rings. The zero-order chi connectivity index (χ0) is 11.5. The Hall–Kier alpha value is -1.47. The van der Waals surface area contributed by atoms with Gasteiger partial charge in [0.05, 0.1) is 31.6 Å². The summed E-state index contributed by atoms with van der Waals surface area (Å²) in [5.41, 5.74) is 0.628. The molecule has 7 heteroatoms. The lowest BCUT2D eigenvalue weighted by molar-refractivity contribution is -0.393. The van der Waals surface area contributed by atoms with Crippen molar-refractivity contribution in [2.24, 2.45) is 0 Å². The number of aryl methyl sites for hydroxylation is 1. The second kappa shape index (κ2) is 4.58. The van der Waals surface area contributed by atoms with Crippen molar-refractivity contribution >= 4 is 5.82 Å². The van der Waals surface area contributed by atoms with Gasteiger partial charge in [0.1, 0.15) is 12.6 Å². The molecule has 16 heavy (non-hydrogen) atoms. The molecule has 0 aromatic carbocycles. The summed E-state index contributed by atoms with van der Waals surface area (Å²) in [4.78, 5) is 10.3. The van der Waals surface area contributed by atoms with Gasteiger partial charge in [0.2, 0.25) is 0 Å². The van der Waals surface area contributed by atoms with E-state index in [0.29, 0.717) is 32.1 Å². The third-order valence-corrected chi connectivity index (χ3v) is 2.33. The van der Waals surface area contributed by atoms with E-state index in [1.54, 1.807) is 6.92 Å². The summed E-state index contributed by atoms with van der Waals surface area (Å²) >= 11 is 0. The highest BCUT2D eigenvalue weighted by atomic mass is 16.6. The van der Waals surface area contributed by atoms with E-state index < -0.39 is 4.92 Å². The Morgan fingerprint density at radius 1 is 1.69 bits per heavy atom. The topological polar surface area (TPSA) is 79.4 Å². The van der Waals surface area contributed by atoms with Gasteiger partial charge in [-0.25, -0.2) is 0 Å². The standard InChI is InChI=1S/C9H13N3O4/c1-7-4-9(12(13)14)11(10-7)5-8-6-15-2-3-16-8/h4,8H,2-3,5-6H2,1H3. The van der Waals surface area contributed by atoms with Gasteiger partial charge in [-0.3, -0.25) is 0 Å². The largest absolute Gasteiger partial charge is 0.376 e. The third kappa shape index (κ3) is 2.37. The molecule has 1 fully saturated rings. The summed E-state index contributed by atoms with van der Waals surface area (Å²) < 4.78 is 12.0. The van der Waals surface area contributed by atoms with E-state index in [2.05, 4.69) is 5.10 Å². The predicted octanol–water partition coefficient (Wildman–Crippen LogP) is 0.515. The smallest absolute Gasteiger partial charge is 0.345 e. The molecule has 1 aliphatic heterocycles. The average Bonchev–Trinajstić information content (AvgIpc) is 2.61. The number of nitrogens with zero attached hydrogens (tertiary/aromatic N) is 3. The van der Waals surface area contributed by atoms with Gasteiger partial charge in [-0.2, -0.15) is 0 Å². The minimum absolute atomic E-state index is 0.00771. The van der Waals surface area contributed by atoms with Crippen molar-refractivity contribution in [2.45, 2.75) is 19.6 Å². The summed E-state index contributed by atoms with van der Waals surface area (Å²) in [7, 11) is 0. The lowest BCUT2D eigenvalue weighted by Crippen LogP contribution is -2.32. The molecule has 2 rings (SSSR count). The van der Waals surface area contributed by atoms with Gasteiger partial charge >= 0.3 is 5.82 Å². The first-order valence-electron chi connectivity index (χ1n) is 5.05. The molecule has 1 aromatic rings. The molecule has 0 aliphatic carbocycles. The second-order valence-corrected chi connectivity index (χ2v) is 3.65. The number of hydrogen-bond acceptors (Lipinski definition) is 5.